The Hall–Kier alpha value is -2.96. The molecule has 3 aromatic rings. The molecule has 0 radical (unpaired) electrons. The molecule has 0 unspecified atom stereocenters. The number of aromatic nitrogens is 4. The molecule has 0 atom stereocenters. The quantitative estimate of drug-likeness (QED) is 0.768. The van der Waals surface area contributed by atoms with Crippen LogP contribution in [-0.4, -0.2) is 32.6 Å². The second kappa shape index (κ2) is 6.88. The molecule has 1 amide bonds. The summed E-state index contributed by atoms with van der Waals surface area (Å²) in [6.07, 6.45) is 0.281. The van der Waals surface area contributed by atoms with Crippen LogP contribution < -0.4 is 10.1 Å². The molecule has 0 aliphatic rings. The lowest BCUT2D eigenvalue weighted by atomic mass is 10.1. The Morgan fingerprint density at radius 1 is 1.20 bits per heavy atom. The number of hydrogen-bond donors (Lipinski definition) is 1. The van der Waals surface area contributed by atoms with Crippen molar-refractivity contribution < 1.29 is 9.53 Å². The number of fused-ring (bicyclic) bond motifs is 1. The van der Waals surface area contributed by atoms with Crippen LogP contribution in [0.3, 0.4) is 0 Å². The van der Waals surface area contributed by atoms with E-state index >= 15 is 0 Å². The van der Waals surface area contributed by atoms with E-state index in [1.54, 1.807) is 7.11 Å². The van der Waals surface area contributed by atoms with E-state index in [4.69, 9.17) is 4.74 Å². The first kappa shape index (κ1) is 16.9. The fourth-order valence-corrected chi connectivity index (χ4v) is 2.81. The van der Waals surface area contributed by atoms with E-state index in [-0.39, 0.29) is 12.3 Å². The maximum Gasteiger partial charge on any atom is 0.255 e. The van der Waals surface area contributed by atoms with E-state index in [0.717, 1.165) is 28.3 Å². The van der Waals surface area contributed by atoms with Gasteiger partial charge in [-0.15, -0.1) is 10.2 Å². The molecule has 130 valence electrons. The monoisotopic (exact) mass is 339 g/mol. The Labute approximate surface area is 146 Å². The molecule has 0 spiro atoms. The molecule has 0 saturated carbocycles. The first-order chi connectivity index (χ1) is 12.0. The third kappa shape index (κ3) is 3.60. The molecule has 0 fully saturated rings. The molecule has 0 bridgehead atoms. The average molecular weight is 339 g/mol. The number of nitrogens with zero attached hydrogens (tertiary/aromatic N) is 4. The highest BCUT2D eigenvalue weighted by Gasteiger charge is 2.11. The van der Waals surface area contributed by atoms with Crippen LogP contribution in [0.4, 0.5) is 0 Å². The summed E-state index contributed by atoms with van der Waals surface area (Å²) in [5.74, 6) is 1.91. The molecular formula is C18H21N5O2. The van der Waals surface area contributed by atoms with Crippen molar-refractivity contribution in [2.45, 2.75) is 33.7 Å². The maximum atomic E-state index is 12.2. The number of benzene rings is 1. The number of ether oxygens (including phenoxy) is 1. The molecule has 2 heterocycles. The van der Waals surface area contributed by atoms with Crippen LogP contribution >= 0.6 is 0 Å². The fraction of sp³-hybridized carbons (Fsp3) is 0.333. The van der Waals surface area contributed by atoms with Crippen LogP contribution in [0.1, 0.15) is 28.3 Å². The molecule has 1 aromatic carbocycles. The number of methoxy groups -OCH3 is 1. The minimum atomic E-state index is -0.0830. The van der Waals surface area contributed by atoms with Gasteiger partial charge in [0.25, 0.3) is 5.78 Å². The molecule has 7 heteroatoms. The van der Waals surface area contributed by atoms with Gasteiger partial charge in [0, 0.05) is 11.4 Å². The Bertz CT molecular complexity index is 933. The zero-order valence-electron chi connectivity index (χ0n) is 14.8. The van der Waals surface area contributed by atoms with Crippen molar-refractivity contribution in [3.05, 3.63) is 52.6 Å². The van der Waals surface area contributed by atoms with Crippen molar-refractivity contribution in [2.75, 3.05) is 7.11 Å². The zero-order valence-corrected chi connectivity index (χ0v) is 14.8. The van der Waals surface area contributed by atoms with Gasteiger partial charge in [-0.3, -0.25) is 9.20 Å². The normalized spacial score (nSPS) is 10.9. The molecule has 1 N–H and O–H groups in total. The molecule has 0 aliphatic carbocycles. The molecule has 25 heavy (non-hydrogen) atoms. The summed E-state index contributed by atoms with van der Waals surface area (Å²) < 4.78 is 7.15. The van der Waals surface area contributed by atoms with Gasteiger partial charge in [-0.2, -0.15) is 0 Å². The van der Waals surface area contributed by atoms with E-state index in [1.807, 2.05) is 49.4 Å². The van der Waals surface area contributed by atoms with Gasteiger partial charge in [0.05, 0.1) is 20.1 Å². The van der Waals surface area contributed by atoms with Gasteiger partial charge in [0.1, 0.15) is 5.75 Å². The Kier molecular flexibility index (Phi) is 4.65. The number of nitrogens with one attached hydrogen (secondary N) is 1. The Morgan fingerprint density at radius 2 is 2.00 bits per heavy atom. The van der Waals surface area contributed by atoms with Crippen molar-refractivity contribution in [3.8, 4) is 5.75 Å². The van der Waals surface area contributed by atoms with Crippen molar-refractivity contribution in [1.29, 1.82) is 0 Å². The van der Waals surface area contributed by atoms with Gasteiger partial charge < -0.3 is 10.1 Å². The lowest BCUT2D eigenvalue weighted by Crippen LogP contribution is -2.25. The topological polar surface area (TPSA) is 81.4 Å². The van der Waals surface area contributed by atoms with Crippen LogP contribution in [0.15, 0.2) is 24.3 Å². The summed E-state index contributed by atoms with van der Waals surface area (Å²) in [7, 11) is 1.63. The lowest BCUT2D eigenvalue weighted by molar-refractivity contribution is -0.120. The molecule has 2 aromatic heterocycles. The minimum absolute atomic E-state index is 0.0830. The lowest BCUT2D eigenvalue weighted by Gasteiger charge is -2.09. The zero-order chi connectivity index (χ0) is 18.0. The summed E-state index contributed by atoms with van der Waals surface area (Å²) in [6.45, 7) is 6.15. The third-order valence-corrected chi connectivity index (χ3v) is 4.04. The number of carbonyl (C=O) groups is 1. The predicted octanol–water partition coefficient (Wildman–Crippen LogP) is 1.92. The number of rotatable bonds is 5. The van der Waals surface area contributed by atoms with Crippen molar-refractivity contribution in [1.82, 2.24) is 24.9 Å². The summed E-state index contributed by atoms with van der Waals surface area (Å²) >= 11 is 0. The van der Waals surface area contributed by atoms with Crippen molar-refractivity contribution in [3.63, 3.8) is 0 Å². The van der Waals surface area contributed by atoms with E-state index < -0.39 is 0 Å². The van der Waals surface area contributed by atoms with E-state index in [0.29, 0.717) is 18.1 Å². The first-order valence-corrected chi connectivity index (χ1v) is 8.06. The molecule has 0 saturated heterocycles. The SMILES string of the molecule is COc1cc(CC(=O)NCc2nnc3nc(C)cc(C)n23)ccc1C. The largest absolute Gasteiger partial charge is 0.496 e. The van der Waals surface area contributed by atoms with Gasteiger partial charge in [0.2, 0.25) is 5.91 Å². The van der Waals surface area contributed by atoms with E-state index in [1.165, 1.54) is 0 Å². The molecule has 3 rings (SSSR count). The third-order valence-electron chi connectivity index (χ3n) is 4.04. The van der Waals surface area contributed by atoms with Gasteiger partial charge in [-0.25, -0.2) is 4.98 Å². The van der Waals surface area contributed by atoms with Gasteiger partial charge >= 0.3 is 0 Å². The smallest absolute Gasteiger partial charge is 0.255 e. The standard InChI is InChI=1S/C18H21N5O2/c1-11-5-6-14(8-15(11)25-4)9-17(24)19-10-16-21-22-18-20-12(2)7-13(3)23(16)18/h5-8H,9-10H2,1-4H3,(H,19,24). The summed E-state index contributed by atoms with van der Waals surface area (Å²) in [5, 5.41) is 11.1. The number of aryl methyl sites for hydroxylation is 3. The summed E-state index contributed by atoms with van der Waals surface area (Å²) in [5.41, 5.74) is 3.82. The van der Waals surface area contributed by atoms with Crippen LogP contribution in [0.5, 0.6) is 5.75 Å². The van der Waals surface area contributed by atoms with Gasteiger partial charge in [-0.05, 0) is 44.0 Å². The van der Waals surface area contributed by atoms with Crippen molar-refractivity contribution in [2.24, 2.45) is 0 Å². The number of hydrogen-bond acceptors (Lipinski definition) is 5. The number of amides is 1. The average Bonchev–Trinajstić information content (AvgIpc) is 2.98. The summed E-state index contributed by atoms with van der Waals surface area (Å²) in [4.78, 5) is 16.6. The van der Waals surface area contributed by atoms with E-state index in [9.17, 15) is 4.79 Å². The van der Waals surface area contributed by atoms with Crippen LogP contribution in [0.2, 0.25) is 0 Å². The molecule has 0 aliphatic heterocycles. The second-order valence-electron chi connectivity index (χ2n) is 6.05. The number of carbonyl (C=O) groups excluding carboxylic acids is 1. The highest BCUT2D eigenvalue weighted by atomic mass is 16.5. The molecular weight excluding hydrogens is 318 g/mol. The maximum absolute atomic E-state index is 12.2. The van der Waals surface area contributed by atoms with Gasteiger partial charge in [0.15, 0.2) is 5.82 Å². The fourth-order valence-electron chi connectivity index (χ4n) is 2.81. The van der Waals surface area contributed by atoms with Gasteiger partial charge in [-0.1, -0.05) is 12.1 Å². The first-order valence-electron chi connectivity index (χ1n) is 8.06. The Balaban J connectivity index is 1.69. The van der Waals surface area contributed by atoms with E-state index in [2.05, 4.69) is 20.5 Å². The van der Waals surface area contributed by atoms with Crippen molar-refractivity contribution >= 4 is 11.7 Å². The Morgan fingerprint density at radius 3 is 2.76 bits per heavy atom. The second-order valence-corrected chi connectivity index (χ2v) is 6.05. The van der Waals surface area contributed by atoms with Crippen LogP contribution in [-0.2, 0) is 17.8 Å². The molecule has 7 nitrogen and oxygen atoms in total. The summed E-state index contributed by atoms with van der Waals surface area (Å²) in [6, 6.07) is 7.73. The minimum Gasteiger partial charge on any atom is -0.496 e. The predicted molar refractivity (Wildman–Crippen MR) is 93.5 cm³/mol. The van der Waals surface area contributed by atoms with Crippen LogP contribution in [0, 0.1) is 20.8 Å². The highest BCUT2D eigenvalue weighted by molar-refractivity contribution is 5.78. The highest BCUT2D eigenvalue weighted by Crippen LogP contribution is 2.19. The van der Waals surface area contributed by atoms with Crippen LogP contribution in [0.25, 0.3) is 5.78 Å².